The monoisotopic (exact) mass is 436 g/mol. The Morgan fingerprint density at radius 2 is 1.74 bits per heavy atom. The number of thioether (sulfide) groups is 1. The number of rotatable bonds is 6. The standard InChI is InChI=1S/C24H25FN4OS/c1-31-21-8-2-17(3-9-21)16-26-24(30)19-12-14-29(15-13-19)23-11-10-22(27-28-23)18-4-6-20(25)7-5-18/h2-11,19H,12-16H2,1H3,(H,26,30). The number of hydrogen-bond donors (Lipinski definition) is 1. The summed E-state index contributed by atoms with van der Waals surface area (Å²) in [7, 11) is 0. The number of carbonyl (C=O) groups is 1. The summed E-state index contributed by atoms with van der Waals surface area (Å²) in [5.41, 5.74) is 2.66. The van der Waals surface area contributed by atoms with Crippen molar-refractivity contribution in [1.82, 2.24) is 15.5 Å². The zero-order valence-electron chi connectivity index (χ0n) is 17.4. The van der Waals surface area contributed by atoms with Crippen LogP contribution in [-0.4, -0.2) is 35.4 Å². The van der Waals surface area contributed by atoms with Crippen LogP contribution in [0.3, 0.4) is 0 Å². The Hall–Kier alpha value is -2.93. The molecule has 2 aromatic carbocycles. The zero-order valence-corrected chi connectivity index (χ0v) is 18.2. The van der Waals surface area contributed by atoms with Gasteiger partial charge in [0, 0.05) is 36.0 Å². The van der Waals surface area contributed by atoms with Crippen molar-refractivity contribution in [3.63, 3.8) is 0 Å². The van der Waals surface area contributed by atoms with E-state index in [0.717, 1.165) is 42.9 Å². The molecular weight excluding hydrogens is 411 g/mol. The topological polar surface area (TPSA) is 58.1 Å². The van der Waals surface area contributed by atoms with Gasteiger partial charge < -0.3 is 10.2 Å². The van der Waals surface area contributed by atoms with Crippen LogP contribution in [0.5, 0.6) is 0 Å². The molecule has 1 fully saturated rings. The summed E-state index contributed by atoms with van der Waals surface area (Å²) < 4.78 is 13.1. The first kappa shape index (κ1) is 21.3. The molecule has 0 bridgehead atoms. The molecule has 1 aliphatic heterocycles. The highest BCUT2D eigenvalue weighted by atomic mass is 32.2. The van der Waals surface area contributed by atoms with E-state index < -0.39 is 0 Å². The molecule has 5 nitrogen and oxygen atoms in total. The number of amides is 1. The van der Waals surface area contributed by atoms with Crippen LogP contribution < -0.4 is 10.2 Å². The summed E-state index contributed by atoms with van der Waals surface area (Å²) in [6.07, 6.45) is 3.63. The highest BCUT2D eigenvalue weighted by Gasteiger charge is 2.25. The third-order valence-electron chi connectivity index (χ3n) is 5.61. The van der Waals surface area contributed by atoms with Gasteiger partial charge in [0.25, 0.3) is 0 Å². The fraction of sp³-hybridized carbons (Fsp3) is 0.292. The van der Waals surface area contributed by atoms with E-state index >= 15 is 0 Å². The summed E-state index contributed by atoms with van der Waals surface area (Å²) in [6.45, 7) is 2.10. The summed E-state index contributed by atoms with van der Waals surface area (Å²) in [4.78, 5) is 16.0. The number of anilines is 1. The van der Waals surface area contributed by atoms with Gasteiger partial charge in [-0.25, -0.2) is 4.39 Å². The molecule has 7 heteroatoms. The van der Waals surface area contributed by atoms with Crippen LogP contribution in [0.15, 0.2) is 65.6 Å². The van der Waals surface area contributed by atoms with Gasteiger partial charge in [0.2, 0.25) is 5.91 Å². The SMILES string of the molecule is CSc1ccc(CNC(=O)C2CCN(c3ccc(-c4ccc(F)cc4)nn3)CC2)cc1. The first-order valence-corrected chi connectivity index (χ1v) is 11.6. The van der Waals surface area contributed by atoms with E-state index in [1.54, 1.807) is 23.9 Å². The van der Waals surface area contributed by atoms with Gasteiger partial charge in [-0.15, -0.1) is 22.0 Å². The summed E-state index contributed by atoms with van der Waals surface area (Å²) in [5, 5.41) is 11.7. The molecule has 0 unspecified atom stereocenters. The predicted octanol–water partition coefficient (Wildman–Crippen LogP) is 4.54. The molecule has 160 valence electrons. The molecular formula is C24H25FN4OS. The Bertz CT molecular complexity index is 1000. The maximum Gasteiger partial charge on any atom is 0.223 e. The molecule has 1 amide bonds. The van der Waals surface area contributed by atoms with E-state index in [1.165, 1.54) is 17.0 Å². The number of nitrogens with one attached hydrogen (secondary N) is 1. The lowest BCUT2D eigenvalue weighted by molar-refractivity contribution is -0.125. The number of piperidine rings is 1. The van der Waals surface area contributed by atoms with Crippen molar-refractivity contribution in [3.05, 3.63) is 72.0 Å². The maximum absolute atomic E-state index is 13.1. The number of benzene rings is 2. The maximum atomic E-state index is 13.1. The Balaban J connectivity index is 1.27. The molecule has 0 aliphatic carbocycles. The second kappa shape index (κ2) is 9.92. The highest BCUT2D eigenvalue weighted by Crippen LogP contribution is 2.24. The first-order chi connectivity index (χ1) is 15.1. The Labute approximate surface area is 186 Å². The van der Waals surface area contributed by atoms with E-state index in [-0.39, 0.29) is 17.6 Å². The summed E-state index contributed by atoms with van der Waals surface area (Å²) in [5.74, 6) is 0.673. The van der Waals surface area contributed by atoms with Gasteiger partial charge in [-0.2, -0.15) is 0 Å². The van der Waals surface area contributed by atoms with Crippen molar-refractivity contribution in [1.29, 1.82) is 0 Å². The fourth-order valence-corrected chi connectivity index (χ4v) is 4.12. The second-order valence-electron chi connectivity index (χ2n) is 7.61. The molecule has 2 heterocycles. The van der Waals surface area contributed by atoms with Crippen LogP contribution in [-0.2, 0) is 11.3 Å². The molecule has 3 aromatic rings. The molecule has 1 N–H and O–H groups in total. The van der Waals surface area contributed by atoms with Gasteiger partial charge in [-0.1, -0.05) is 12.1 Å². The average molecular weight is 437 g/mol. The van der Waals surface area contributed by atoms with E-state index in [0.29, 0.717) is 12.2 Å². The lowest BCUT2D eigenvalue weighted by Crippen LogP contribution is -2.40. The molecule has 31 heavy (non-hydrogen) atoms. The van der Waals surface area contributed by atoms with Crippen molar-refractivity contribution in [3.8, 4) is 11.3 Å². The van der Waals surface area contributed by atoms with Gasteiger partial charge in [-0.3, -0.25) is 4.79 Å². The van der Waals surface area contributed by atoms with E-state index in [4.69, 9.17) is 0 Å². The molecule has 1 saturated heterocycles. The quantitative estimate of drug-likeness (QED) is 0.575. The van der Waals surface area contributed by atoms with Crippen LogP contribution in [0.1, 0.15) is 18.4 Å². The molecule has 1 aromatic heterocycles. The number of hydrogen-bond acceptors (Lipinski definition) is 5. The van der Waals surface area contributed by atoms with Crippen LogP contribution in [0.2, 0.25) is 0 Å². The first-order valence-electron chi connectivity index (χ1n) is 10.4. The van der Waals surface area contributed by atoms with Gasteiger partial charge in [0.15, 0.2) is 5.82 Å². The van der Waals surface area contributed by atoms with E-state index in [9.17, 15) is 9.18 Å². The lowest BCUT2D eigenvalue weighted by atomic mass is 9.96. The van der Waals surface area contributed by atoms with Crippen molar-refractivity contribution in [2.45, 2.75) is 24.3 Å². The molecule has 1 aliphatic rings. The lowest BCUT2D eigenvalue weighted by Gasteiger charge is -2.31. The molecule has 0 saturated carbocycles. The van der Waals surface area contributed by atoms with Crippen LogP contribution >= 0.6 is 11.8 Å². The van der Waals surface area contributed by atoms with Gasteiger partial charge in [0.05, 0.1) is 5.69 Å². The fourth-order valence-electron chi connectivity index (χ4n) is 3.72. The number of aromatic nitrogens is 2. The minimum atomic E-state index is -0.270. The Kier molecular flexibility index (Phi) is 6.82. The van der Waals surface area contributed by atoms with Crippen LogP contribution in [0.25, 0.3) is 11.3 Å². The van der Waals surface area contributed by atoms with E-state index in [2.05, 4.69) is 50.9 Å². The van der Waals surface area contributed by atoms with Crippen molar-refractivity contribution in [2.75, 3.05) is 24.2 Å². The number of nitrogens with zero attached hydrogens (tertiary/aromatic N) is 3. The highest BCUT2D eigenvalue weighted by molar-refractivity contribution is 7.98. The van der Waals surface area contributed by atoms with Crippen molar-refractivity contribution < 1.29 is 9.18 Å². The van der Waals surface area contributed by atoms with Crippen molar-refractivity contribution >= 4 is 23.5 Å². The largest absolute Gasteiger partial charge is 0.355 e. The third-order valence-corrected chi connectivity index (χ3v) is 6.35. The molecule has 0 spiro atoms. The van der Waals surface area contributed by atoms with E-state index in [1.807, 2.05) is 12.1 Å². The molecule has 0 atom stereocenters. The smallest absolute Gasteiger partial charge is 0.223 e. The van der Waals surface area contributed by atoms with Gasteiger partial charge in [-0.05, 0) is 73.2 Å². The van der Waals surface area contributed by atoms with Crippen LogP contribution in [0, 0.1) is 11.7 Å². The zero-order chi connectivity index (χ0) is 21.6. The van der Waals surface area contributed by atoms with Gasteiger partial charge in [0.1, 0.15) is 5.82 Å². The predicted molar refractivity (Wildman–Crippen MR) is 122 cm³/mol. The Morgan fingerprint density at radius 3 is 2.35 bits per heavy atom. The average Bonchev–Trinajstić information content (AvgIpc) is 2.83. The number of halogens is 1. The van der Waals surface area contributed by atoms with Crippen molar-refractivity contribution in [2.24, 2.45) is 5.92 Å². The minimum Gasteiger partial charge on any atom is -0.355 e. The van der Waals surface area contributed by atoms with Crippen LogP contribution in [0.4, 0.5) is 10.2 Å². The minimum absolute atomic E-state index is 0.0215. The Morgan fingerprint density at radius 1 is 1.03 bits per heavy atom. The number of carbonyl (C=O) groups excluding carboxylic acids is 1. The second-order valence-corrected chi connectivity index (χ2v) is 8.49. The summed E-state index contributed by atoms with van der Waals surface area (Å²) in [6, 6.07) is 18.3. The summed E-state index contributed by atoms with van der Waals surface area (Å²) >= 11 is 1.71. The molecule has 0 radical (unpaired) electrons. The normalized spacial score (nSPS) is 14.5. The van der Waals surface area contributed by atoms with Gasteiger partial charge >= 0.3 is 0 Å². The third kappa shape index (κ3) is 5.41. The molecule has 4 rings (SSSR count).